The monoisotopic (exact) mass is 239 g/mol. The van der Waals surface area contributed by atoms with Gasteiger partial charge in [0, 0.05) is 24.2 Å². The zero-order valence-corrected chi connectivity index (χ0v) is 9.32. The lowest BCUT2D eigenvalue weighted by atomic mass is 10.1. The number of benzene rings is 1. The summed E-state index contributed by atoms with van der Waals surface area (Å²) in [5.74, 6) is 0.420. The van der Waals surface area contributed by atoms with Crippen LogP contribution < -0.4 is 0 Å². The highest BCUT2D eigenvalue weighted by molar-refractivity contribution is 6.07. The van der Waals surface area contributed by atoms with Crippen LogP contribution in [-0.2, 0) is 0 Å². The second kappa shape index (κ2) is 3.96. The van der Waals surface area contributed by atoms with Crippen molar-refractivity contribution in [3.63, 3.8) is 0 Å². The number of hydrogen-bond donors (Lipinski definition) is 1. The van der Waals surface area contributed by atoms with E-state index in [1.165, 1.54) is 12.1 Å². The van der Waals surface area contributed by atoms with Crippen LogP contribution in [0.4, 0.5) is 0 Å². The zero-order chi connectivity index (χ0) is 12.5. The first-order valence-corrected chi connectivity index (χ1v) is 5.37. The molecule has 0 saturated carbocycles. The molecule has 1 N–H and O–H groups in total. The van der Waals surface area contributed by atoms with Gasteiger partial charge in [-0.2, -0.15) is 0 Å². The van der Waals surface area contributed by atoms with Crippen LogP contribution in [0.3, 0.4) is 0 Å². The SMILES string of the molecule is O=C(c1ccc(O)cc1)c1ccn2ccnc2n1. The highest BCUT2D eigenvalue weighted by atomic mass is 16.3. The molecule has 0 aliphatic heterocycles. The first-order chi connectivity index (χ1) is 8.74. The number of rotatable bonds is 2. The first-order valence-electron chi connectivity index (χ1n) is 5.37. The lowest BCUT2D eigenvalue weighted by Crippen LogP contribution is -2.05. The van der Waals surface area contributed by atoms with Crippen LogP contribution in [-0.4, -0.2) is 25.3 Å². The Morgan fingerprint density at radius 1 is 1.11 bits per heavy atom. The molecule has 0 aliphatic carbocycles. The number of fused-ring (bicyclic) bond motifs is 1. The number of nitrogens with zero attached hydrogens (tertiary/aromatic N) is 3. The molecule has 0 saturated heterocycles. The number of ketones is 1. The maximum absolute atomic E-state index is 12.1. The van der Waals surface area contributed by atoms with E-state index in [-0.39, 0.29) is 11.5 Å². The van der Waals surface area contributed by atoms with Gasteiger partial charge >= 0.3 is 0 Å². The van der Waals surface area contributed by atoms with Gasteiger partial charge in [0.1, 0.15) is 11.4 Å². The predicted molar refractivity (Wildman–Crippen MR) is 64.5 cm³/mol. The second-order valence-electron chi connectivity index (χ2n) is 3.82. The van der Waals surface area contributed by atoms with E-state index in [2.05, 4.69) is 9.97 Å². The summed E-state index contributed by atoms with van der Waals surface area (Å²) in [5, 5.41) is 9.18. The molecule has 0 unspecified atom stereocenters. The van der Waals surface area contributed by atoms with E-state index in [0.717, 1.165) is 0 Å². The number of aromatic nitrogens is 3. The minimum absolute atomic E-state index is 0.128. The van der Waals surface area contributed by atoms with E-state index >= 15 is 0 Å². The van der Waals surface area contributed by atoms with Gasteiger partial charge in [0.25, 0.3) is 0 Å². The second-order valence-corrected chi connectivity index (χ2v) is 3.82. The smallest absolute Gasteiger partial charge is 0.234 e. The van der Waals surface area contributed by atoms with Gasteiger partial charge in [-0.1, -0.05) is 0 Å². The van der Waals surface area contributed by atoms with Gasteiger partial charge in [-0.3, -0.25) is 9.20 Å². The molecule has 2 heterocycles. The van der Waals surface area contributed by atoms with Crippen molar-refractivity contribution in [3.05, 3.63) is 60.2 Å². The molecule has 0 spiro atoms. The van der Waals surface area contributed by atoms with E-state index in [4.69, 9.17) is 0 Å². The van der Waals surface area contributed by atoms with Crippen molar-refractivity contribution >= 4 is 11.6 Å². The predicted octanol–water partition coefficient (Wildman–Crippen LogP) is 1.67. The van der Waals surface area contributed by atoms with Crippen LogP contribution in [0.25, 0.3) is 5.78 Å². The third-order valence-electron chi connectivity index (χ3n) is 2.62. The molecule has 5 nitrogen and oxygen atoms in total. The Morgan fingerprint density at radius 3 is 2.67 bits per heavy atom. The number of phenols is 1. The summed E-state index contributed by atoms with van der Waals surface area (Å²) < 4.78 is 1.73. The number of imidazole rings is 1. The van der Waals surface area contributed by atoms with Gasteiger partial charge in [-0.05, 0) is 30.3 Å². The molecule has 2 aromatic heterocycles. The van der Waals surface area contributed by atoms with Gasteiger partial charge in [-0.25, -0.2) is 9.97 Å². The topological polar surface area (TPSA) is 67.5 Å². The summed E-state index contributed by atoms with van der Waals surface area (Å²) in [6.45, 7) is 0. The van der Waals surface area contributed by atoms with Crippen LogP contribution in [0.1, 0.15) is 16.1 Å². The molecule has 0 atom stereocenters. The van der Waals surface area contributed by atoms with Crippen molar-refractivity contribution in [1.29, 1.82) is 0 Å². The molecule has 0 radical (unpaired) electrons. The molecule has 3 aromatic rings. The van der Waals surface area contributed by atoms with Crippen molar-refractivity contribution in [2.75, 3.05) is 0 Å². The van der Waals surface area contributed by atoms with Gasteiger partial charge in [-0.15, -0.1) is 0 Å². The van der Waals surface area contributed by atoms with Crippen molar-refractivity contribution in [2.24, 2.45) is 0 Å². The molecule has 0 fully saturated rings. The van der Waals surface area contributed by atoms with Gasteiger partial charge in [0.15, 0.2) is 0 Å². The summed E-state index contributed by atoms with van der Waals surface area (Å²) in [6.07, 6.45) is 5.12. The molecule has 88 valence electrons. The van der Waals surface area contributed by atoms with Gasteiger partial charge in [0.2, 0.25) is 11.6 Å². The standard InChI is InChI=1S/C13H9N3O2/c17-10-3-1-9(2-4-10)12(18)11-5-7-16-8-6-14-13(16)15-11/h1-8,17H. The third kappa shape index (κ3) is 1.71. The Labute approximate surface area is 102 Å². The minimum atomic E-state index is -0.194. The Morgan fingerprint density at radius 2 is 1.89 bits per heavy atom. The van der Waals surface area contributed by atoms with Crippen molar-refractivity contribution in [3.8, 4) is 5.75 Å². The quantitative estimate of drug-likeness (QED) is 0.691. The van der Waals surface area contributed by atoms with Crippen molar-refractivity contribution in [1.82, 2.24) is 14.4 Å². The number of hydrogen-bond acceptors (Lipinski definition) is 4. The van der Waals surface area contributed by atoms with Crippen molar-refractivity contribution in [2.45, 2.75) is 0 Å². The van der Waals surface area contributed by atoms with Crippen LogP contribution in [0.2, 0.25) is 0 Å². The summed E-state index contributed by atoms with van der Waals surface area (Å²) in [7, 11) is 0. The molecule has 0 amide bonds. The van der Waals surface area contributed by atoms with Gasteiger partial charge in [0.05, 0.1) is 0 Å². The molecule has 18 heavy (non-hydrogen) atoms. The molecule has 0 bridgehead atoms. The Kier molecular flexibility index (Phi) is 2.30. The van der Waals surface area contributed by atoms with Gasteiger partial charge < -0.3 is 5.11 Å². The Bertz CT molecular complexity index is 716. The van der Waals surface area contributed by atoms with E-state index in [9.17, 15) is 9.90 Å². The lowest BCUT2D eigenvalue weighted by Gasteiger charge is -2.01. The van der Waals surface area contributed by atoms with E-state index in [1.807, 2.05) is 0 Å². The van der Waals surface area contributed by atoms with E-state index in [0.29, 0.717) is 17.0 Å². The maximum atomic E-state index is 12.1. The van der Waals surface area contributed by atoms with E-state index < -0.39 is 0 Å². The average molecular weight is 239 g/mol. The fraction of sp³-hybridized carbons (Fsp3) is 0. The summed E-state index contributed by atoms with van der Waals surface area (Å²) in [6, 6.07) is 7.72. The highest BCUT2D eigenvalue weighted by Crippen LogP contribution is 2.13. The fourth-order valence-corrected chi connectivity index (χ4v) is 1.69. The molecule has 1 aromatic carbocycles. The van der Waals surface area contributed by atoms with Crippen LogP contribution in [0.5, 0.6) is 5.75 Å². The highest BCUT2D eigenvalue weighted by Gasteiger charge is 2.11. The van der Waals surface area contributed by atoms with Crippen LogP contribution in [0.15, 0.2) is 48.9 Å². The molecule has 0 aliphatic rings. The maximum Gasteiger partial charge on any atom is 0.234 e. The summed E-state index contributed by atoms with van der Waals surface area (Å²) in [4.78, 5) is 20.3. The number of carbonyl (C=O) groups is 1. The third-order valence-corrected chi connectivity index (χ3v) is 2.62. The lowest BCUT2D eigenvalue weighted by molar-refractivity contribution is 0.103. The molecule has 3 rings (SSSR count). The largest absolute Gasteiger partial charge is 0.508 e. The number of phenolic OH excluding ortho intramolecular Hbond substituents is 1. The molecular formula is C13H9N3O2. The summed E-state index contributed by atoms with van der Waals surface area (Å²) >= 11 is 0. The van der Waals surface area contributed by atoms with Crippen LogP contribution >= 0.6 is 0 Å². The van der Waals surface area contributed by atoms with Crippen molar-refractivity contribution < 1.29 is 9.90 Å². The number of carbonyl (C=O) groups excluding carboxylic acids is 1. The normalized spacial score (nSPS) is 10.7. The molecule has 5 heteroatoms. The Balaban J connectivity index is 2.03. The summed E-state index contributed by atoms with van der Waals surface area (Å²) in [5.41, 5.74) is 0.815. The number of aromatic hydroxyl groups is 1. The average Bonchev–Trinajstić information content (AvgIpc) is 2.86. The first kappa shape index (κ1) is 10.5. The Hall–Kier alpha value is -2.69. The zero-order valence-electron chi connectivity index (χ0n) is 9.32. The van der Waals surface area contributed by atoms with Crippen LogP contribution in [0, 0.1) is 0 Å². The minimum Gasteiger partial charge on any atom is -0.508 e. The van der Waals surface area contributed by atoms with E-state index in [1.54, 1.807) is 41.2 Å². The fourth-order valence-electron chi connectivity index (χ4n) is 1.69. The molecular weight excluding hydrogens is 230 g/mol.